The van der Waals surface area contributed by atoms with Crippen molar-refractivity contribution in [3.63, 3.8) is 0 Å². The molecule has 0 atom stereocenters. The van der Waals surface area contributed by atoms with Crippen LogP contribution in [0.2, 0.25) is 0 Å². The fraction of sp³-hybridized carbons (Fsp3) is 0.389. The zero-order chi connectivity index (χ0) is 18.2. The van der Waals surface area contributed by atoms with E-state index < -0.39 is 5.97 Å². The molecule has 1 N–H and O–H groups in total. The molecule has 1 aromatic carbocycles. The number of nitrogens with zero attached hydrogens (tertiary/aromatic N) is 3. The van der Waals surface area contributed by atoms with Gasteiger partial charge in [0, 0.05) is 13.6 Å². The molecule has 0 spiro atoms. The molecule has 1 heterocycles. The van der Waals surface area contributed by atoms with Gasteiger partial charge in [-0.3, -0.25) is 0 Å². The predicted molar refractivity (Wildman–Crippen MR) is 103 cm³/mol. The highest BCUT2D eigenvalue weighted by Crippen LogP contribution is 2.22. The van der Waals surface area contributed by atoms with Crippen LogP contribution in [0.25, 0.3) is 0 Å². The largest absolute Gasteiger partial charge is 0.462 e. The van der Waals surface area contributed by atoms with Crippen molar-refractivity contribution >= 4 is 29.1 Å². The Morgan fingerprint density at radius 3 is 2.68 bits per heavy atom. The summed E-state index contributed by atoms with van der Waals surface area (Å²) in [5.74, 6) is 0.220. The zero-order valence-electron chi connectivity index (χ0n) is 14.9. The number of hydrogen-bond acceptors (Lipinski definition) is 4. The lowest BCUT2D eigenvalue weighted by Gasteiger charge is -2.23. The number of nitrogens with one attached hydrogen (secondary N) is 1. The van der Waals surface area contributed by atoms with E-state index in [9.17, 15) is 4.79 Å². The molecule has 7 heteroatoms. The monoisotopic (exact) mass is 360 g/mol. The number of hydrogen-bond donors (Lipinski definition) is 1. The molecular weight excluding hydrogens is 336 g/mol. The Bertz CT molecular complexity index is 715. The molecule has 6 nitrogen and oxygen atoms in total. The first kappa shape index (κ1) is 18.9. The van der Waals surface area contributed by atoms with Gasteiger partial charge >= 0.3 is 5.97 Å². The molecule has 0 aliphatic rings. The maximum Gasteiger partial charge on any atom is 0.343 e. The Kier molecular flexibility index (Phi) is 6.94. The fourth-order valence-corrected chi connectivity index (χ4v) is 2.59. The van der Waals surface area contributed by atoms with Crippen LogP contribution in [-0.4, -0.2) is 41.1 Å². The quantitative estimate of drug-likeness (QED) is 0.605. The van der Waals surface area contributed by atoms with Gasteiger partial charge in [-0.25, -0.2) is 9.48 Å². The lowest BCUT2D eigenvalue weighted by atomic mass is 10.2. The first-order chi connectivity index (χ1) is 12.1. The van der Waals surface area contributed by atoms with Gasteiger partial charge in [-0.2, -0.15) is 5.10 Å². The number of esters is 1. The van der Waals surface area contributed by atoms with Crippen molar-refractivity contribution in [3.8, 4) is 0 Å². The van der Waals surface area contributed by atoms with Crippen LogP contribution in [0.15, 0.2) is 36.5 Å². The topological polar surface area (TPSA) is 59.4 Å². The molecule has 0 amide bonds. The van der Waals surface area contributed by atoms with Crippen molar-refractivity contribution in [1.82, 2.24) is 15.1 Å². The predicted octanol–water partition coefficient (Wildman–Crippen LogP) is 2.83. The summed E-state index contributed by atoms with van der Waals surface area (Å²) in [5, 5.41) is 8.10. The van der Waals surface area contributed by atoms with Crippen molar-refractivity contribution in [3.05, 3.63) is 47.7 Å². The van der Waals surface area contributed by atoms with Crippen LogP contribution < -0.4 is 10.2 Å². The third kappa shape index (κ3) is 4.79. The Morgan fingerprint density at radius 1 is 1.32 bits per heavy atom. The summed E-state index contributed by atoms with van der Waals surface area (Å²) in [6, 6.07) is 9.95. The summed E-state index contributed by atoms with van der Waals surface area (Å²) < 4.78 is 6.93. The van der Waals surface area contributed by atoms with Crippen LogP contribution in [0.3, 0.4) is 0 Å². The van der Waals surface area contributed by atoms with E-state index in [0.29, 0.717) is 29.6 Å². The number of rotatable bonds is 7. The maximum atomic E-state index is 12.3. The van der Waals surface area contributed by atoms with Gasteiger partial charge in [0.25, 0.3) is 0 Å². The molecule has 0 saturated heterocycles. The lowest BCUT2D eigenvalue weighted by Crippen LogP contribution is -2.39. The Morgan fingerprint density at radius 2 is 2.04 bits per heavy atom. The highest BCUT2D eigenvalue weighted by molar-refractivity contribution is 7.80. The summed E-state index contributed by atoms with van der Waals surface area (Å²) >= 11 is 5.45. The number of ether oxygens (including phenoxy) is 1. The highest BCUT2D eigenvalue weighted by Gasteiger charge is 2.23. The van der Waals surface area contributed by atoms with Crippen LogP contribution in [0.5, 0.6) is 0 Å². The smallest absolute Gasteiger partial charge is 0.343 e. The summed E-state index contributed by atoms with van der Waals surface area (Å²) in [6.07, 6.45) is 2.50. The average molecular weight is 360 g/mol. The number of anilines is 1. The second kappa shape index (κ2) is 9.17. The number of benzene rings is 1. The van der Waals surface area contributed by atoms with Crippen LogP contribution in [0.4, 0.5) is 5.82 Å². The molecule has 0 aliphatic heterocycles. The van der Waals surface area contributed by atoms with Gasteiger partial charge < -0.3 is 15.0 Å². The molecule has 2 aromatic rings. The van der Waals surface area contributed by atoms with Crippen LogP contribution in [0, 0.1) is 0 Å². The van der Waals surface area contributed by atoms with E-state index in [1.165, 1.54) is 6.20 Å². The third-order valence-corrected chi connectivity index (χ3v) is 4.05. The zero-order valence-corrected chi connectivity index (χ0v) is 15.7. The molecule has 2 rings (SSSR count). The molecule has 0 bridgehead atoms. The van der Waals surface area contributed by atoms with Crippen molar-refractivity contribution < 1.29 is 9.53 Å². The fourth-order valence-electron chi connectivity index (χ4n) is 2.40. The van der Waals surface area contributed by atoms with Crippen LogP contribution in [0.1, 0.15) is 36.2 Å². The summed E-state index contributed by atoms with van der Waals surface area (Å²) in [7, 11) is 1.83. The Balaban J connectivity index is 2.35. The van der Waals surface area contributed by atoms with Crippen molar-refractivity contribution in [1.29, 1.82) is 0 Å². The minimum atomic E-state index is -0.401. The minimum absolute atomic E-state index is 0.310. The number of carbonyl (C=O) groups is 1. The van der Waals surface area contributed by atoms with Gasteiger partial charge in [-0.05, 0) is 31.1 Å². The average Bonchev–Trinajstić information content (AvgIpc) is 3.03. The van der Waals surface area contributed by atoms with E-state index in [1.807, 2.05) is 37.4 Å². The molecule has 25 heavy (non-hydrogen) atoms. The molecule has 0 saturated carbocycles. The second-order valence-electron chi connectivity index (χ2n) is 5.54. The first-order valence-electron chi connectivity index (χ1n) is 8.36. The molecule has 0 unspecified atom stereocenters. The van der Waals surface area contributed by atoms with Crippen LogP contribution >= 0.6 is 12.2 Å². The second-order valence-corrected chi connectivity index (χ2v) is 5.92. The summed E-state index contributed by atoms with van der Waals surface area (Å²) in [4.78, 5) is 14.1. The number of thiocarbonyl (C=S) groups is 1. The van der Waals surface area contributed by atoms with E-state index >= 15 is 0 Å². The van der Waals surface area contributed by atoms with Crippen molar-refractivity contribution in [2.24, 2.45) is 0 Å². The number of aromatic nitrogens is 2. The Labute approximate surface area is 153 Å². The molecule has 0 aliphatic carbocycles. The SMILES string of the molecule is CCCNC(=S)N(C)c1c(C(=O)OCC)cnn1Cc1ccccc1. The van der Waals surface area contributed by atoms with E-state index in [4.69, 9.17) is 17.0 Å². The standard InChI is InChI=1S/C18H24N4O2S/c1-4-11-19-18(25)21(3)16-15(17(23)24-5-2)12-20-22(16)13-14-9-7-6-8-10-14/h6-10,12H,4-5,11,13H2,1-3H3,(H,19,25). The first-order valence-corrected chi connectivity index (χ1v) is 8.77. The summed E-state index contributed by atoms with van der Waals surface area (Å²) in [5.41, 5.74) is 1.49. The van der Waals surface area contributed by atoms with E-state index in [1.54, 1.807) is 16.5 Å². The Hall–Kier alpha value is -2.41. The number of carbonyl (C=O) groups excluding carboxylic acids is 1. The minimum Gasteiger partial charge on any atom is -0.462 e. The lowest BCUT2D eigenvalue weighted by molar-refractivity contribution is 0.0527. The van der Waals surface area contributed by atoms with Crippen molar-refractivity contribution in [2.45, 2.75) is 26.8 Å². The third-order valence-electron chi connectivity index (χ3n) is 3.63. The molecule has 0 fully saturated rings. The normalized spacial score (nSPS) is 10.4. The van der Waals surface area contributed by atoms with Gasteiger partial charge in [0.05, 0.1) is 19.3 Å². The van der Waals surface area contributed by atoms with Crippen molar-refractivity contribution in [2.75, 3.05) is 25.1 Å². The van der Waals surface area contributed by atoms with E-state index in [0.717, 1.165) is 18.5 Å². The van der Waals surface area contributed by atoms with Gasteiger partial charge in [0.1, 0.15) is 11.4 Å². The van der Waals surface area contributed by atoms with Gasteiger partial charge in [0.15, 0.2) is 5.11 Å². The van der Waals surface area contributed by atoms with Gasteiger partial charge in [0.2, 0.25) is 0 Å². The highest BCUT2D eigenvalue weighted by atomic mass is 32.1. The van der Waals surface area contributed by atoms with Gasteiger partial charge in [-0.15, -0.1) is 0 Å². The molecule has 1 aromatic heterocycles. The summed E-state index contributed by atoms with van der Waals surface area (Å²) in [6.45, 7) is 5.47. The van der Waals surface area contributed by atoms with E-state index in [2.05, 4.69) is 17.3 Å². The maximum absolute atomic E-state index is 12.3. The molecule has 0 radical (unpaired) electrons. The molecular formula is C18H24N4O2S. The van der Waals surface area contributed by atoms with Gasteiger partial charge in [-0.1, -0.05) is 37.3 Å². The van der Waals surface area contributed by atoms with E-state index in [-0.39, 0.29) is 0 Å². The molecule has 134 valence electrons. The van der Waals surface area contributed by atoms with Crippen LogP contribution in [-0.2, 0) is 11.3 Å².